The van der Waals surface area contributed by atoms with E-state index >= 15 is 0 Å². The molecule has 0 aromatic heterocycles. The molecule has 0 spiro atoms. The first-order valence-corrected chi connectivity index (χ1v) is 10.8. The molecule has 0 aliphatic carbocycles. The number of aliphatic hydroxyl groups excluding tert-OH is 1. The smallest absolute Gasteiger partial charge is 0.243 e. The van der Waals surface area contributed by atoms with Crippen molar-refractivity contribution in [2.75, 3.05) is 20.3 Å². The maximum Gasteiger partial charge on any atom is 0.243 e. The largest absolute Gasteiger partial charge is 0.497 e. The first-order chi connectivity index (χ1) is 13.1. The van der Waals surface area contributed by atoms with Crippen LogP contribution in [-0.2, 0) is 16.4 Å². The van der Waals surface area contributed by atoms with Crippen LogP contribution in [0.4, 0.5) is 0 Å². The normalized spacial score (nSPS) is 21.6. The van der Waals surface area contributed by atoms with E-state index in [4.69, 9.17) is 4.74 Å². The summed E-state index contributed by atoms with van der Waals surface area (Å²) in [5.41, 5.74) is 1.17. The van der Waals surface area contributed by atoms with Gasteiger partial charge < -0.3 is 9.84 Å². The van der Waals surface area contributed by atoms with Gasteiger partial charge in [-0.2, -0.15) is 4.31 Å². The van der Waals surface area contributed by atoms with E-state index in [1.807, 2.05) is 18.2 Å². The second-order valence-corrected chi connectivity index (χ2v) is 8.88. The molecule has 0 bridgehead atoms. The van der Waals surface area contributed by atoms with E-state index in [2.05, 4.69) is 12.1 Å². The van der Waals surface area contributed by atoms with E-state index in [0.29, 0.717) is 12.3 Å². The number of methoxy groups -OCH3 is 1. The van der Waals surface area contributed by atoms with E-state index < -0.39 is 16.1 Å². The van der Waals surface area contributed by atoms with Crippen LogP contribution in [0.3, 0.4) is 0 Å². The van der Waals surface area contributed by atoms with Crippen molar-refractivity contribution in [1.29, 1.82) is 0 Å². The highest BCUT2D eigenvalue weighted by Gasteiger charge is 2.37. The van der Waals surface area contributed by atoms with Crippen molar-refractivity contribution in [3.63, 3.8) is 0 Å². The number of hydrogen-bond acceptors (Lipinski definition) is 4. The summed E-state index contributed by atoms with van der Waals surface area (Å²) in [6.45, 7) is 0.262. The third-order valence-corrected chi connectivity index (χ3v) is 7.25. The van der Waals surface area contributed by atoms with Crippen LogP contribution >= 0.6 is 0 Å². The Balaban J connectivity index is 1.89. The molecule has 1 N–H and O–H groups in total. The first-order valence-electron chi connectivity index (χ1n) is 9.37. The summed E-state index contributed by atoms with van der Waals surface area (Å²) >= 11 is 0. The summed E-state index contributed by atoms with van der Waals surface area (Å²) < 4.78 is 33.2. The molecule has 1 aliphatic rings. The molecule has 1 saturated heterocycles. The number of hydrogen-bond donors (Lipinski definition) is 1. The van der Waals surface area contributed by atoms with Crippen molar-refractivity contribution in [1.82, 2.24) is 4.31 Å². The van der Waals surface area contributed by atoms with Crippen LogP contribution in [0.1, 0.15) is 24.8 Å². The fraction of sp³-hybridized carbons (Fsp3) is 0.429. The van der Waals surface area contributed by atoms with E-state index in [9.17, 15) is 13.5 Å². The summed E-state index contributed by atoms with van der Waals surface area (Å²) in [5, 5.41) is 10.1. The quantitative estimate of drug-likeness (QED) is 0.824. The van der Waals surface area contributed by atoms with Crippen LogP contribution in [-0.4, -0.2) is 44.1 Å². The Morgan fingerprint density at radius 2 is 1.78 bits per heavy atom. The van der Waals surface area contributed by atoms with Gasteiger partial charge in [0.05, 0.1) is 24.7 Å². The van der Waals surface area contributed by atoms with Gasteiger partial charge in [-0.3, -0.25) is 0 Å². The number of aliphatic hydroxyl groups is 1. The highest BCUT2D eigenvalue weighted by molar-refractivity contribution is 7.89. The molecule has 2 aromatic rings. The van der Waals surface area contributed by atoms with Gasteiger partial charge in [-0.05, 0) is 55.0 Å². The summed E-state index contributed by atoms with van der Waals surface area (Å²) in [6.07, 6.45) is 3.44. The fourth-order valence-corrected chi connectivity index (χ4v) is 5.56. The first kappa shape index (κ1) is 19.9. The molecular weight excluding hydrogens is 362 g/mol. The SMILES string of the molecule is COc1ccc(S(=O)(=O)N2CCCC[C@@H](Cc3ccccc3)[C@H]2CO)cc1. The van der Waals surface area contributed by atoms with Crippen LogP contribution < -0.4 is 4.74 Å². The third-order valence-electron chi connectivity index (χ3n) is 5.31. The lowest BCUT2D eigenvalue weighted by Gasteiger charge is -2.33. The summed E-state index contributed by atoms with van der Waals surface area (Å²) in [5.74, 6) is 0.707. The molecule has 2 atom stereocenters. The summed E-state index contributed by atoms with van der Waals surface area (Å²) in [7, 11) is -2.13. The van der Waals surface area contributed by atoms with Crippen molar-refractivity contribution < 1.29 is 18.3 Å². The second-order valence-electron chi connectivity index (χ2n) is 6.99. The zero-order valence-electron chi connectivity index (χ0n) is 15.6. The summed E-state index contributed by atoms with van der Waals surface area (Å²) in [6, 6.07) is 16.1. The number of benzene rings is 2. The molecule has 146 valence electrons. The minimum absolute atomic E-state index is 0.0907. The number of ether oxygens (including phenoxy) is 1. The van der Waals surface area contributed by atoms with Crippen molar-refractivity contribution >= 4 is 10.0 Å². The van der Waals surface area contributed by atoms with Crippen LogP contribution in [0.15, 0.2) is 59.5 Å². The maximum atomic E-state index is 13.3. The zero-order valence-corrected chi connectivity index (χ0v) is 16.4. The molecule has 0 radical (unpaired) electrons. The lowest BCUT2D eigenvalue weighted by atomic mass is 9.89. The van der Waals surface area contributed by atoms with Gasteiger partial charge in [-0.25, -0.2) is 8.42 Å². The summed E-state index contributed by atoms with van der Waals surface area (Å²) in [4.78, 5) is 0.238. The number of sulfonamides is 1. The molecule has 2 aromatic carbocycles. The molecule has 0 saturated carbocycles. The lowest BCUT2D eigenvalue weighted by Crippen LogP contribution is -2.46. The average Bonchev–Trinajstić information content (AvgIpc) is 2.91. The standard InChI is InChI=1S/C21H27NO4S/c1-26-19-10-12-20(13-11-19)27(24,25)22-14-6-5-9-18(21(22)16-23)15-17-7-3-2-4-8-17/h2-4,7-8,10-13,18,21,23H,5-6,9,14-16H2,1H3/t18-,21+/m0/s1. The Kier molecular flexibility index (Phi) is 6.52. The Hall–Kier alpha value is -1.89. The van der Waals surface area contributed by atoms with Crippen LogP contribution in [0, 0.1) is 5.92 Å². The average molecular weight is 390 g/mol. The van der Waals surface area contributed by atoms with Crippen molar-refractivity contribution in [3.8, 4) is 5.75 Å². The predicted molar refractivity (Wildman–Crippen MR) is 105 cm³/mol. The van der Waals surface area contributed by atoms with Gasteiger partial charge in [0.1, 0.15) is 5.75 Å². The molecule has 0 amide bonds. The monoisotopic (exact) mass is 389 g/mol. The molecule has 1 heterocycles. The Labute approximate surface area is 161 Å². The lowest BCUT2D eigenvalue weighted by molar-refractivity contribution is 0.146. The van der Waals surface area contributed by atoms with Crippen molar-refractivity contribution in [2.24, 2.45) is 5.92 Å². The van der Waals surface area contributed by atoms with Gasteiger partial charge in [0.2, 0.25) is 10.0 Å². The van der Waals surface area contributed by atoms with E-state index in [1.54, 1.807) is 31.4 Å². The van der Waals surface area contributed by atoms with E-state index in [0.717, 1.165) is 25.7 Å². The minimum Gasteiger partial charge on any atom is -0.497 e. The number of nitrogens with zero attached hydrogens (tertiary/aromatic N) is 1. The van der Waals surface area contributed by atoms with Gasteiger partial charge in [-0.15, -0.1) is 0 Å². The second kappa shape index (κ2) is 8.87. The highest BCUT2D eigenvalue weighted by Crippen LogP contribution is 2.31. The maximum absolute atomic E-state index is 13.3. The zero-order chi connectivity index (χ0) is 19.3. The van der Waals surface area contributed by atoms with E-state index in [1.165, 1.54) is 9.87 Å². The Morgan fingerprint density at radius 3 is 2.41 bits per heavy atom. The minimum atomic E-state index is -3.68. The topological polar surface area (TPSA) is 66.8 Å². The van der Waals surface area contributed by atoms with Gasteiger partial charge in [-0.1, -0.05) is 36.8 Å². The van der Waals surface area contributed by atoms with Crippen LogP contribution in [0.2, 0.25) is 0 Å². The molecule has 0 unspecified atom stereocenters. The van der Waals surface area contributed by atoms with Crippen LogP contribution in [0.25, 0.3) is 0 Å². The molecular formula is C21H27NO4S. The molecule has 27 heavy (non-hydrogen) atoms. The van der Waals surface area contributed by atoms with Crippen LogP contribution in [0.5, 0.6) is 5.75 Å². The third kappa shape index (κ3) is 4.51. The highest BCUT2D eigenvalue weighted by atomic mass is 32.2. The Morgan fingerprint density at radius 1 is 1.07 bits per heavy atom. The fourth-order valence-electron chi connectivity index (χ4n) is 3.84. The molecule has 6 heteroatoms. The molecule has 1 aliphatic heterocycles. The molecule has 5 nitrogen and oxygen atoms in total. The van der Waals surface area contributed by atoms with Crippen molar-refractivity contribution in [3.05, 3.63) is 60.2 Å². The van der Waals surface area contributed by atoms with Crippen molar-refractivity contribution in [2.45, 2.75) is 36.6 Å². The number of rotatable bonds is 6. The molecule has 1 fully saturated rings. The van der Waals surface area contributed by atoms with Gasteiger partial charge >= 0.3 is 0 Å². The van der Waals surface area contributed by atoms with Gasteiger partial charge in [0, 0.05) is 6.54 Å². The van der Waals surface area contributed by atoms with Gasteiger partial charge in [0.25, 0.3) is 0 Å². The predicted octanol–water partition coefficient (Wildman–Crippen LogP) is 3.09. The van der Waals surface area contributed by atoms with E-state index in [-0.39, 0.29) is 17.4 Å². The Bertz CT molecular complexity index is 821. The molecule has 3 rings (SSSR count). The van der Waals surface area contributed by atoms with Gasteiger partial charge in [0.15, 0.2) is 0 Å².